The van der Waals surface area contributed by atoms with Crippen LogP contribution in [0.1, 0.15) is 31.9 Å². The first-order valence-electron chi connectivity index (χ1n) is 9.91. The Morgan fingerprint density at radius 3 is 2.09 bits per heavy atom. The molecule has 2 aromatic heterocycles. The summed E-state index contributed by atoms with van der Waals surface area (Å²) in [6.07, 6.45) is 4.12. The second-order valence-electron chi connectivity index (χ2n) is 7.53. The molecule has 170 valence electrons. The van der Waals surface area contributed by atoms with Crippen molar-refractivity contribution in [2.45, 2.75) is 23.8 Å². The van der Waals surface area contributed by atoms with E-state index in [1.807, 2.05) is 36.4 Å². The maximum Gasteiger partial charge on any atom is 0.259 e. The molecule has 0 amide bonds. The van der Waals surface area contributed by atoms with Gasteiger partial charge in [-0.2, -0.15) is 4.57 Å². The number of nitrogens with two attached hydrogens (primary N) is 1. The van der Waals surface area contributed by atoms with Crippen LogP contribution >= 0.6 is 55.0 Å². The van der Waals surface area contributed by atoms with E-state index < -0.39 is 0 Å². The molecule has 3 nitrogen and oxygen atoms in total. The highest BCUT2D eigenvalue weighted by Crippen LogP contribution is 2.41. The van der Waals surface area contributed by atoms with Crippen LogP contribution in [-0.2, 0) is 5.75 Å². The van der Waals surface area contributed by atoms with Gasteiger partial charge >= 0.3 is 0 Å². The Labute approximate surface area is 229 Å². The van der Waals surface area contributed by atoms with Crippen LogP contribution in [0.4, 0.5) is 5.69 Å². The number of hydrogen-bond donors (Lipinski definition) is 1. The Balaban J connectivity index is 0.00000306. The number of carbonyl (C=O) groups is 1. The van der Waals surface area contributed by atoms with E-state index in [4.69, 9.17) is 5.73 Å². The number of nitrogen functional groups attached to an aromatic ring is 1. The van der Waals surface area contributed by atoms with Gasteiger partial charge in [0, 0.05) is 31.4 Å². The molecular formula is C25H21Br3N2OS2. The van der Waals surface area contributed by atoms with E-state index in [0.717, 1.165) is 35.7 Å². The minimum absolute atomic E-state index is 0. The molecule has 0 saturated carbocycles. The van der Waals surface area contributed by atoms with Crippen molar-refractivity contribution >= 4 is 66.4 Å². The van der Waals surface area contributed by atoms with Gasteiger partial charge in [-0.15, -0.1) is 23.1 Å². The maximum atomic E-state index is 13.3. The van der Waals surface area contributed by atoms with Gasteiger partial charge in [-0.25, -0.2) is 0 Å². The Bertz CT molecular complexity index is 1270. The standard InChI is InChI=1S/C25H20Br2N2OS2.BrH/c1-15-11-16(2)13-29(12-15)22-21(28)24(23(30)18-5-9-20(27)10-6-18)32-25(22)31-14-17-3-7-19(26)8-4-17;/h3-13H,14H2,1-2H3,(H-,28,30);1H. The fourth-order valence-corrected chi connectivity index (χ4v) is 6.37. The van der Waals surface area contributed by atoms with Crippen molar-refractivity contribution in [1.29, 1.82) is 0 Å². The Kier molecular flexibility index (Phi) is 8.97. The molecule has 0 bridgehead atoms. The Morgan fingerprint density at radius 1 is 0.970 bits per heavy atom. The summed E-state index contributed by atoms with van der Waals surface area (Å²) in [7, 11) is 0. The molecule has 2 heterocycles. The average molecular weight is 669 g/mol. The predicted octanol–water partition coefficient (Wildman–Crippen LogP) is 4.28. The molecule has 4 aromatic rings. The van der Waals surface area contributed by atoms with Crippen LogP contribution in [0.5, 0.6) is 0 Å². The number of thiophene rings is 1. The highest BCUT2D eigenvalue weighted by Gasteiger charge is 2.29. The van der Waals surface area contributed by atoms with Crippen molar-refractivity contribution in [2.24, 2.45) is 0 Å². The van der Waals surface area contributed by atoms with Crippen LogP contribution in [-0.4, -0.2) is 5.78 Å². The quantitative estimate of drug-likeness (QED) is 0.190. The van der Waals surface area contributed by atoms with Crippen molar-refractivity contribution in [2.75, 3.05) is 5.73 Å². The van der Waals surface area contributed by atoms with Crippen molar-refractivity contribution in [1.82, 2.24) is 0 Å². The monoisotopic (exact) mass is 666 g/mol. The number of hydrogen-bond acceptors (Lipinski definition) is 4. The minimum Gasteiger partial charge on any atom is -1.00 e. The fourth-order valence-electron chi connectivity index (χ4n) is 3.43. The van der Waals surface area contributed by atoms with Gasteiger partial charge in [-0.05, 0) is 61.9 Å². The molecule has 0 atom stereocenters. The largest absolute Gasteiger partial charge is 1.00 e. The number of aromatic nitrogens is 1. The van der Waals surface area contributed by atoms with E-state index in [1.165, 1.54) is 16.9 Å². The smallest absolute Gasteiger partial charge is 0.259 e. The molecule has 33 heavy (non-hydrogen) atoms. The zero-order valence-corrected chi connectivity index (χ0v) is 24.3. The third-order valence-electron chi connectivity index (χ3n) is 4.88. The van der Waals surface area contributed by atoms with E-state index in [9.17, 15) is 4.79 Å². The second-order valence-corrected chi connectivity index (χ2v) is 11.6. The van der Waals surface area contributed by atoms with Crippen molar-refractivity contribution in [3.8, 4) is 5.69 Å². The van der Waals surface area contributed by atoms with E-state index in [2.05, 4.69) is 80.9 Å². The number of benzene rings is 2. The SMILES string of the molecule is Cc1cc(C)c[n+](-c2c(SCc3ccc(Br)cc3)sc(C(=O)c3ccc(Br)cc3)c2N)c1.[Br-]. The first-order valence-corrected chi connectivity index (χ1v) is 13.3. The third kappa shape index (κ3) is 6.17. The molecule has 0 spiro atoms. The molecule has 0 unspecified atom stereocenters. The van der Waals surface area contributed by atoms with Crippen LogP contribution in [0.15, 0.2) is 80.1 Å². The van der Waals surface area contributed by atoms with Gasteiger partial charge < -0.3 is 22.7 Å². The van der Waals surface area contributed by atoms with E-state index >= 15 is 0 Å². The molecular weight excluding hydrogens is 648 g/mol. The van der Waals surface area contributed by atoms with Crippen LogP contribution in [0, 0.1) is 13.8 Å². The molecule has 8 heteroatoms. The van der Waals surface area contributed by atoms with Gasteiger partial charge in [0.25, 0.3) is 5.69 Å². The number of pyridine rings is 1. The summed E-state index contributed by atoms with van der Waals surface area (Å²) in [5.41, 5.74) is 12.2. The summed E-state index contributed by atoms with van der Waals surface area (Å²) in [6, 6.07) is 17.8. The second kappa shape index (κ2) is 11.3. The Morgan fingerprint density at radius 2 is 1.52 bits per heavy atom. The van der Waals surface area contributed by atoms with Gasteiger partial charge in [-0.3, -0.25) is 4.79 Å². The maximum absolute atomic E-state index is 13.3. The van der Waals surface area contributed by atoms with Gasteiger partial charge in [0.2, 0.25) is 5.78 Å². The van der Waals surface area contributed by atoms with Crippen LogP contribution in [0.2, 0.25) is 0 Å². The number of rotatable bonds is 6. The van der Waals surface area contributed by atoms with Crippen LogP contribution in [0.25, 0.3) is 5.69 Å². The van der Waals surface area contributed by atoms with Gasteiger partial charge in [0.15, 0.2) is 12.4 Å². The summed E-state index contributed by atoms with van der Waals surface area (Å²) in [4.78, 5) is 13.9. The molecule has 0 aliphatic rings. The summed E-state index contributed by atoms with van der Waals surface area (Å²) in [5, 5.41) is 0. The van der Waals surface area contributed by atoms with Gasteiger partial charge in [0.05, 0.1) is 0 Å². The molecule has 0 aliphatic heterocycles. The first kappa shape index (κ1) is 26.2. The summed E-state index contributed by atoms with van der Waals surface area (Å²) in [6.45, 7) is 4.13. The normalized spacial score (nSPS) is 10.7. The minimum atomic E-state index is -0.0540. The third-order valence-corrected chi connectivity index (χ3v) is 8.46. The number of halogens is 3. The molecule has 0 aliphatic carbocycles. The topological polar surface area (TPSA) is 47.0 Å². The number of anilines is 1. The van der Waals surface area contributed by atoms with Gasteiger partial charge in [0.1, 0.15) is 14.8 Å². The van der Waals surface area contributed by atoms with E-state index in [-0.39, 0.29) is 22.8 Å². The Hall–Kier alpha value is -1.45. The zero-order chi connectivity index (χ0) is 22.8. The highest BCUT2D eigenvalue weighted by atomic mass is 79.9. The summed E-state index contributed by atoms with van der Waals surface area (Å²) in [5.74, 6) is 0.735. The van der Waals surface area contributed by atoms with Crippen LogP contribution < -0.4 is 27.3 Å². The lowest BCUT2D eigenvalue weighted by molar-refractivity contribution is -0.597. The molecule has 2 N–H and O–H groups in total. The lowest BCUT2D eigenvalue weighted by Gasteiger charge is -2.03. The molecule has 0 saturated heterocycles. The van der Waals surface area contributed by atoms with Crippen molar-refractivity contribution < 1.29 is 26.3 Å². The van der Waals surface area contributed by atoms with Gasteiger partial charge in [-0.1, -0.05) is 44.0 Å². The predicted molar refractivity (Wildman–Crippen MR) is 141 cm³/mol. The number of nitrogens with zero attached hydrogens (tertiary/aromatic N) is 1. The lowest BCUT2D eigenvalue weighted by Crippen LogP contribution is -3.00. The lowest BCUT2D eigenvalue weighted by atomic mass is 10.1. The fraction of sp³-hybridized carbons (Fsp3) is 0.120. The zero-order valence-electron chi connectivity index (χ0n) is 17.9. The van der Waals surface area contributed by atoms with Crippen molar-refractivity contribution in [3.05, 3.63) is 103 Å². The molecule has 0 radical (unpaired) electrons. The van der Waals surface area contributed by atoms with E-state index in [0.29, 0.717) is 16.1 Å². The molecule has 0 fully saturated rings. The van der Waals surface area contributed by atoms with Crippen molar-refractivity contribution in [3.63, 3.8) is 0 Å². The number of aryl methyl sites for hydroxylation is 2. The first-order chi connectivity index (χ1) is 15.3. The number of carbonyl (C=O) groups excluding carboxylic acids is 1. The average Bonchev–Trinajstić information content (AvgIpc) is 3.09. The van der Waals surface area contributed by atoms with Crippen LogP contribution in [0.3, 0.4) is 0 Å². The summed E-state index contributed by atoms with van der Waals surface area (Å²) < 4.78 is 5.07. The molecule has 4 rings (SSSR count). The summed E-state index contributed by atoms with van der Waals surface area (Å²) >= 11 is 10.1. The highest BCUT2D eigenvalue weighted by molar-refractivity contribution is 9.10. The number of thioether (sulfide) groups is 1. The van der Waals surface area contributed by atoms with E-state index in [1.54, 1.807) is 11.8 Å². The number of ketones is 1. The molecule has 2 aromatic carbocycles.